The molecule has 1 aromatic rings. The van der Waals surface area contributed by atoms with E-state index in [2.05, 4.69) is 4.18 Å². The highest BCUT2D eigenvalue weighted by Crippen LogP contribution is 2.46. The molecule has 1 saturated carbocycles. The zero-order chi connectivity index (χ0) is 16.3. The first-order chi connectivity index (χ1) is 11.0. The summed E-state index contributed by atoms with van der Waals surface area (Å²) in [5.74, 6) is -0.537. The predicted octanol–water partition coefficient (Wildman–Crippen LogP) is 2.41. The minimum absolute atomic E-state index is 0.00767. The Kier molecular flexibility index (Phi) is 5.03. The number of rotatable bonds is 5. The fourth-order valence-corrected chi connectivity index (χ4v) is 3.74. The smallest absolute Gasteiger partial charge is 0.333 e. The Labute approximate surface area is 137 Å². The molecule has 0 aromatic heterocycles. The van der Waals surface area contributed by atoms with E-state index in [-0.39, 0.29) is 18.8 Å². The van der Waals surface area contributed by atoms with Crippen molar-refractivity contribution in [1.82, 2.24) is 0 Å². The van der Waals surface area contributed by atoms with Crippen LogP contribution in [0.2, 0.25) is 0 Å². The van der Waals surface area contributed by atoms with Gasteiger partial charge in [0.25, 0.3) is 0 Å². The average Bonchev–Trinajstić information content (AvgIpc) is 2.86. The van der Waals surface area contributed by atoms with Gasteiger partial charge in [-0.2, -0.15) is 8.42 Å². The van der Waals surface area contributed by atoms with Crippen LogP contribution in [0.5, 0.6) is 0 Å². The molecule has 0 radical (unpaired) electrons. The maximum atomic E-state index is 10.9. The van der Waals surface area contributed by atoms with Crippen LogP contribution < -0.4 is 5.14 Å². The molecule has 3 rings (SSSR count). The van der Waals surface area contributed by atoms with Gasteiger partial charge in [0.15, 0.2) is 5.79 Å². The van der Waals surface area contributed by atoms with E-state index < -0.39 is 16.1 Å². The summed E-state index contributed by atoms with van der Waals surface area (Å²) in [6.07, 6.45) is 5.09. The second-order valence-corrected chi connectivity index (χ2v) is 7.40. The lowest BCUT2D eigenvalue weighted by Crippen LogP contribution is -2.33. The van der Waals surface area contributed by atoms with Crippen LogP contribution in [0.3, 0.4) is 0 Å². The average molecular weight is 341 g/mol. The molecule has 2 aliphatic rings. The second-order valence-electron chi connectivity index (χ2n) is 6.18. The van der Waals surface area contributed by atoms with Gasteiger partial charge in [-0.05, 0) is 18.4 Å². The number of hydrogen-bond acceptors (Lipinski definition) is 5. The van der Waals surface area contributed by atoms with Gasteiger partial charge in [0, 0.05) is 19.3 Å². The van der Waals surface area contributed by atoms with Crippen LogP contribution >= 0.6 is 0 Å². The molecule has 7 heteroatoms. The Bertz CT molecular complexity index is 613. The van der Waals surface area contributed by atoms with Crippen molar-refractivity contribution < 1.29 is 22.1 Å². The van der Waals surface area contributed by atoms with Crippen molar-refractivity contribution in [1.29, 1.82) is 0 Å². The zero-order valence-corrected chi connectivity index (χ0v) is 13.8. The highest BCUT2D eigenvalue weighted by molar-refractivity contribution is 7.84. The van der Waals surface area contributed by atoms with Crippen molar-refractivity contribution in [3.63, 3.8) is 0 Å². The van der Waals surface area contributed by atoms with Crippen LogP contribution in [-0.4, -0.2) is 26.9 Å². The number of ether oxygens (including phenoxy) is 2. The molecule has 1 heterocycles. The third-order valence-corrected chi connectivity index (χ3v) is 4.93. The molecule has 0 amide bonds. The lowest BCUT2D eigenvalue weighted by Gasteiger charge is -2.32. The van der Waals surface area contributed by atoms with Crippen LogP contribution in [0.15, 0.2) is 30.3 Å². The van der Waals surface area contributed by atoms with Crippen molar-refractivity contribution in [3.8, 4) is 0 Å². The van der Waals surface area contributed by atoms with Crippen molar-refractivity contribution in [2.45, 2.75) is 56.5 Å². The van der Waals surface area contributed by atoms with Crippen molar-refractivity contribution in [2.75, 3.05) is 6.61 Å². The lowest BCUT2D eigenvalue weighted by molar-refractivity contribution is -0.195. The van der Waals surface area contributed by atoms with Gasteiger partial charge in [0.05, 0.1) is 12.7 Å². The summed E-state index contributed by atoms with van der Waals surface area (Å²) in [6.45, 7) is -0.00767. The Morgan fingerprint density at radius 1 is 1.13 bits per heavy atom. The Hall–Kier alpha value is -0.990. The second kappa shape index (κ2) is 6.86. The molecule has 6 nitrogen and oxygen atoms in total. The van der Waals surface area contributed by atoms with E-state index in [0.717, 1.165) is 31.2 Å². The van der Waals surface area contributed by atoms with Crippen LogP contribution in [0.25, 0.3) is 0 Å². The fraction of sp³-hybridized carbons (Fsp3) is 0.625. The molecule has 1 saturated heterocycles. The number of hydrogen-bond donors (Lipinski definition) is 1. The molecule has 2 fully saturated rings. The van der Waals surface area contributed by atoms with Gasteiger partial charge in [0.2, 0.25) is 0 Å². The summed E-state index contributed by atoms with van der Waals surface area (Å²) >= 11 is 0. The van der Waals surface area contributed by atoms with Crippen LogP contribution in [0, 0.1) is 0 Å². The van der Waals surface area contributed by atoms with E-state index in [1.165, 1.54) is 6.42 Å². The van der Waals surface area contributed by atoms with Gasteiger partial charge in [-0.3, -0.25) is 4.18 Å². The minimum Gasteiger partial charge on any atom is -0.344 e. The SMILES string of the molecule is NS(=O)(=O)OCCC1OC2(CCCCC2)OC1c1ccccc1. The maximum absolute atomic E-state index is 10.9. The van der Waals surface area contributed by atoms with Crippen LogP contribution in [0.4, 0.5) is 0 Å². The third-order valence-electron chi connectivity index (χ3n) is 4.44. The molecule has 1 aliphatic heterocycles. The van der Waals surface area contributed by atoms with Crippen molar-refractivity contribution >= 4 is 10.3 Å². The Morgan fingerprint density at radius 2 is 1.83 bits per heavy atom. The lowest BCUT2D eigenvalue weighted by atomic mass is 9.94. The molecule has 1 spiro atoms. The fourth-order valence-electron chi connectivity index (χ4n) is 3.42. The molecular formula is C16H23NO5S. The largest absolute Gasteiger partial charge is 0.344 e. The van der Waals surface area contributed by atoms with E-state index in [1.54, 1.807) is 0 Å². The van der Waals surface area contributed by atoms with E-state index >= 15 is 0 Å². The highest BCUT2D eigenvalue weighted by atomic mass is 32.2. The van der Waals surface area contributed by atoms with Gasteiger partial charge in [0.1, 0.15) is 6.10 Å². The molecule has 1 aromatic carbocycles. The first-order valence-corrected chi connectivity index (χ1v) is 9.52. The first kappa shape index (κ1) is 16.9. The quantitative estimate of drug-likeness (QED) is 0.888. The molecule has 2 atom stereocenters. The minimum atomic E-state index is -3.93. The summed E-state index contributed by atoms with van der Waals surface area (Å²) in [6, 6.07) is 9.88. The standard InChI is InChI=1S/C16H23NO5S/c17-23(18,19)20-12-9-14-15(13-7-3-1-4-8-13)22-16(21-14)10-5-2-6-11-16/h1,3-4,7-8,14-15H,2,5-6,9-12H2,(H2,17,18,19). The maximum Gasteiger partial charge on any atom is 0.333 e. The molecule has 23 heavy (non-hydrogen) atoms. The normalized spacial score (nSPS) is 27.3. The van der Waals surface area contributed by atoms with Gasteiger partial charge >= 0.3 is 10.3 Å². The Balaban J connectivity index is 1.73. The van der Waals surface area contributed by atoms with Crippen molar-refractivity contribution in [3.05, 3.63) is 35.9 Å². The third kappa shape index (κ3) is 4.30. The number of nitrogens with two attached hydrogens (primary N) is 1. The van der Waals surface area contributed by atoms with Gasteiger partial charge in [-0.25, -0.2) is 5.14 Å². The van der Waals surface area contributed by atoms with E-state index in [9.17, 15) is 8.42 Å². The van der Waals surface area contributed by atoms with E-state index in [4.69, 9.17) is 14.6 Å². The molecule has 128 valence electrons. The van der Waals surface area contributed by atoms with Gasteiger partial charge < -0.3 is 9.47 Å². The zero-order valence-electron chi connectivity index (χ0n) is 13.0. The van der Waals surface area contributed by atoms with Gasteiger partial charge in [-0.15, -0.1) is 0 Å². The Morgan fingerprint density at radius 3 is 2.48 bits per heavy atom. The van der Waals surface area contributed by atoms with Gasteiger partial charge in [-0.1, -0.05) is 36.8 Å². The van der Waals surface area contributed by atoms with Crippen LogP contribution in [0.1, 0.15) is 50.2 Å². The summed E-state index contributed by atoms with van der Waals surface area (Å²) in [5.41, 5.74) is 1.04. The first-order valence-electron chi connectivity index (χ1n) is 8.05. The van der Waals surface area contributed by atoms with Crippen molar-refractivity contribution in [2.24, 2.45) is 5.14 Å². The summed E-state index contributed by atoms with van der Waals surface area (Å²) in [5, 5.41) is 4.88. The number of benzene rings is 1. The highest BCUT2D eigenvalue weighted by Gasteiger charge is 2.48. The van der Waals surface area contributed by atoms with E-state index in [0.29, 0.717) is 6.42 Å². The van der Waals surface area contributed by atoms with Crippen LogP contribution in [-0.2, 0) is 24.0 Å². The van der Waals surface area contributed by atoms with E-state index in [1.807, 2.05) is 30.3 Å². The predicted molar refractivity (Wildman–Crippen MR) is 84.6 cm³/mol. The molecule has 0 bridgehead atoms. The topological polar surface area (TPSA) is 87.9 Å². The molecule has 2 N–H and O–H groups in total. The summed E-state index contributed by atoms with van der Waals surface area (Å²) < 4.78 is 39.1. The molecule has 1 aliphatic carbocycles. The molecular weight excluding hydrogens is 318 g/mol. The monoisotopic (exact) mass is 341 g/mol. The molecule has 2 unspecified atom stereocenters. The summed E-state index contributed by atoms with van der Waals surface area (Å²) in [4.78, 5) is 0. The summed E-state index contributed by atoms with van der Waals surface area (Å²) in [7, 11) is -3.93.